The standard InChI is InChI=1S/C23H19Cl2N5O2S/c1-2-32-18-6-4-17(5-7-18)30-22(15-9-11-26-12-10-15)28-29-23(30)33-14-21(31)27-20-8-3-16(24)13-19(20)25/h3-13H,2,14H2,1H3,(H,27,31). The third-order valence-electron chi connectivity index (χ3n) is 4.52. The predicted octanol–water partition coefficient (Wildman–Crippen LogP) is 5.77. The number of thioether (sulfide) groups is 1. The van der Waals surface area contributed by atoms with Crippen molar-refractivity contribution in [1.82, 2.24) is 19.7 Å². The van der Waals surface area contributed by atoms with E-state index in [9.17, 15) is 4.79 Å². The summed E-state index contributed by atoms with van der Waals surface area (Å²) in [4.78, 5) is 16.6. The number of rotatable bonds is 8. The van der Waals surface area contributed by atoms with Crippen molar-refractivity contribution >= 4 is 46.6 Å². The van der Waals surface area contributed by atoms with Crippen molar-refractivity contribution in [3.8, 4) is 22.8 Å². The molecule has 4 rings (SSSR count). The zero-order valence-corrected chi connectivity index (χ0v) is 19.9. The van der Waals surface area contributed by atoms with Crippen LogP contribution in [0, 0.1) is 0 Å². The van der Waals surface area contributed by atoms with Gasteiger partial charge in [-0.25, -0.2) is 0 Å². The van der Waals surface area contributed by atoms with Gasteiger partial charge in [-0.3, -0.25) is 14.3 Å². The zero-order chi connectivity index (χ0) is 23.2. The fourth-order valence-corrected chi connectivity index (χ4v) is 4.26. The van der Waals surface area contributed by atoms with Crippen LogP contribution in [0.15, 0.2) is 72.1 Å². The first-order valence-corrected chi connectivity index (χ1v) is 11.8. The molecule has 0 aliphatic carbocycles. The molecule has 0 aliphatic heterocycles. The average Bonchev–Trinajstić information content (AvgIpc) is 3.25. The quantitative estimate of drug-likeness (QED) is 0.310. The van der Waals surface area contributed by atoms with E-state index in [0.717, 1.165) is 17.0 Å². The molecule has 1 N–H and O–H groups in total. The third-order valence-corrected chi connectivity index (χ3v) is 5.99. The number of ether oxygens (including phenoxy) is 1. The van der Waals surface area contributed by atoms with Crippen molar-refractivity contribution in [3.05, 3.63) is 77.0 Å². The zero-order valence-electron chi connectivity index (χ0n) is 17.5. The second-order valence-corrected chi connectivity index (χ2v) is 8.55. The van der Waals surface area contributed by atoms with E-state index in [4.69, 9.17) is 27.9 Å². The third kappa shape index (κ3) is 5.65. The number of hydrogen-bond donors (Lipinski definition) is 1. The fraction of sp³-hybridized carbons (Fsp3) is 0.130. The Balaban J connectivity index is 1.58. The van der Waals surface area contributed by atoms with Gasteiger partial charge in [-0.2, -0.15) is 0 Å². The lowest BCUT2D eigenvalue weighted by molar-refractivity contribution is -0.113. The van der Waals surface area contributed by atoms with Crippen LogP contribution >= 0.6 is 35.0 Å². The summed E-state index contributed by atoms with van der Waals surface area (Å²) in [7, 11) is 0. The molecule has 10 heteroatoms. The summed E-state index contributed by atoms with van der Waals surface area (Å²) in [5, 5.41) is 12.9. The molecule has 1 amide bonds. The maximum atomic E-state index is 12.6. The number of carbonyl (C=O) groups excluding carboxylic acids is 1. The van der Waals surface area contributed by atoms with E-state index in [-0.39, 0.29) is 11.7 Å². The largest absolute Gasteiger partial charge is 0.494 e. The molecule has 0 spiro atoms. The van der Waals surface area contributed by atoms with Crippen LogP contribution in [0.2, 0.25) is 10.0 Å². The Bertz CT molecular complexity index is 1250. The van der Waals surface area contributed by atoms with Crippen LogP contribution < -0.4 is 10.1 Å². The van der Waals surface area contributed by atoms with Gasteiger partial charge >= 0.3 is 0 Å². The summed E-state index contributed by atoms with van der Waals surface area (Å²) in [5.41, 5.74) is 2.20. The molecule has 0 atom stereocenters. The second-order valence-electron chi connectivity index (χ2n) is 6.77. The highest BCUT2D eigenvalue weighted by molar-refractivity contribution is 7.99. The Kier molecular flexibility index (Phi) is 7.49. The molecule has 0 saturated carbocycles. The van der Waals surface area contributed by atoms with E-state index in [2.05, 4.69) is 20.5 Å². The molecule has 33 heavy (non-hydrogen) atoms. The highest BCUT2D eigenvalue weighted by atomic mass is 35.5. The van der Waals surface area contributed by atoms with Gasteiger partial charge in [-0.1, -0.05) is 35.0 Å². The summed E-state index contributed by atoms with van der Waals surface area (Å²) >= 11 is 13.3. The van der Waals surface area contributed by atoms with Gasteiger partial charge in [0.05, 0.1) is 23.1 Å². The SMILES string of the molecule is CCOc1ccc(-n2c(SCC(=O)Nc3ccc(Cl)cc3Cl)nnc2-c2ccncc2)cc1. The van der Waals surface area contributed by atoms with Crippen molar-refractivity contribution in [2.24, 2.45) is 0 Å². The van der Waals surface area contributed by atoms with Crippen LogP contribution in [0.4, 0.5) is 5.69 Å². The molecule has 0 bridgehead atoms. The van der Waals surface area contributed by atoms with Gasteiger partial charge in [0.25, 0.3) is 0 Å². The molecule has 0 aliphatic rings. The van der Waals surface area contributed by atoms with Gasteiger partial charge in [-0.05, 0) is 61.5 Å². The van der Waals surface area contributed by atoms with E-state index in [1.807, 2.05) is 47.9 Å². The van der Waals surface area contributed by atoms with E-state index >= 15 is 0 Å². The number of anilines is 1. The van der Waals surface area contributed by atoms with Crippen molar-refractivity contribution < 1.29 is 9.53 Å². The summed E-state index contributed by atoms with van der Waals surface area (Å²) in [6, 6.07) is 16.3. The molecule has 2 aromatic heterocycles. The van der Waals surface area contributed by atoms with E-state index in [1.54, 1.807) is 30.6 Å². The number of benzene rings is 2. The van der Waals surface area contributed by atoms with Crippen LogP contribution in [0.5, 0.6) is 5.75 Å². The van der Waals surface area contributed by atoms with Gasteiger partial charge in [0.15, 0.2) is 11.0 Å². The van der Waals surface area contributed by atoms with E-state index in [0.29, 0.717) is 33.3 Å². The Morgan fingerprint density at radius 2 is 1.82 bits per heavy atom. The number of aromatic nitrogens is 4. The summed E-state index contributed by atoms with van der Waals surface area (Å²) in [5.74, 6) is 1.30. The summed E-state index contributed by atoms with van der Waals surface area (Å²) in [6.45, 7) is 2.52. The second kappa shape index (κ2) is 10.7. The monoisotopic (exact) mass is 499 g/mol. The molecule has 0 fully saturated rings. The minimum absolute atomic E-state index is 0.116. The van der Waals surface area contributed by atoms with Crippen LogP contribution in [0.1, 0.15) is 6.92 Å². The van der Waals surface area contributed by atoms with E-state index in [1.165, 1.54) is 11.8 Å². The number of nitrogens with one attached hydrogen (secondary N) is 1. The highest BCUT2D eigenvalue weighted by Crippen LogP contribution is 2.29. The van der Waals surface area contributed by atoms with E-state index < -0.39 is 0 Å². The number of hydrogen-bond acceptors (Lipinski definition) is 6. The number of carbonyl (C=O) groups is 1. The van der Waals surface area contributed by atoms with Crippen LogP contribution in [0.3, 0.4) is 0 Å². The van der Waals surface area contributed by atoms with Gasteiger partial charge in [0, 0.05) is 28.7 Å². The van der Waals surface area contributed by atoms with Gasteiger partial charge in [0.1, 0.15) is 5.75 Å². The maximum absolute atomic E-state index is 12.6. The first-order valence-electron chi connectivity index (χ1n) is 10.0. The smallest absolute Gasteiger partial charge is 0.234 e. The minimum atomic E-state index is -0.226. The predicted molar refractivity (Wildman–Crippen MR) is 132 cm³/mol. The molecule has 0 unspecified atom stereocenters. The van der Waals surface area contributed by atoms with Crippen LogP contribution in [-0.4, -0.2) is 38.0 Å². The van der Waals surface area contributed by atoms with Crippen molar-refractivity contribution in [1.29, 1.82) is 0 Å². The fourth-order valence-electron chi connectivity index (χ4n) is 3.05. The Morgan fingerprint density at radius 1 is 1.06 bits per heavy atom. The molecular formula is C23H19Cl2N5O2S. The van der Waals surface area contributed by atoms with Crippen molar-refractivity contribution in [2.45, 2.75) is 12.1 Å². The molecule has 0 saturated heterocycles. The molecule has 168 valence electrons. The van der Waals surface area contributed by atoms with Gasteiger partial charge in [0.2, 0.25) is 5.91 Å². The molecule has 0 radical (unpaired) electrons. The number of pyridine rings is 1. The lowest BCUT2D eigenvalue weighted by atomic mass is 10.2. The highest BCUT2D eigenvalue weighted by Gasteiger charge is 2.18. The molecule has 2 aromatic carbocycles. The lowest BCUT2D eigenvalue weighted by Gasteiger charge is -2.12. The number of amides is 1. The van der Waals surface area contributed by atoms with Gasteiger partial charge in [-0.15, -0.1) is 10.2 Å². The Labute approximate surface area is 205 Å². The Morgan fingerprint density at radius 3 is 2.52 bits per heavy atom. The normalized spacial score (nSPS) is 10.8. The summed E-state index contributed by atoms with van der Waals surface area (Å²) < 4.78 is 7.45. The molecular weight excluding hydrogens is 481 g/mol. The molecule has 7 nitrogen and oxygen atoms in total. The van der Waals surface area contributed by atoms with Crippen LogP contribution in [0.25, 0.3) is 17.1 Å². The average molecular weight is 500 g/mol. The summed E-state index contributed by atoms with van der Waals surface area (Å²) in [6.07, 6.45) is 3.39. The van der Waals surface area contributed by atoms with Crippen LogP contribution in [-0.2, 0) is 4.79 Å². The minimum Gasteiger partial charge on any atom is -0.494 e. The lowest BCUT2D eigenvalue weighted by Crippen LogP contribution is -2.15. The number of halogens is 2. The van der Waals surface area contributed by atoms with Crippen molar-refractivity contribution in [2.75, 3.05) is 17.7 Å². The first kappa shape index (κ1) is 23.1. The topological polar surface area (TPSA) is 81.9 Å². The van der Waals surface area contributed by atoms with Gasteiger partial charge < -0.3 is 10.1 Å². The number of nitrogens with zero attached hydrogens (tertiary/aromatic N) is 4. The first-order chi connectivity index (χ1) is 16.0. The molecule has 2 heterocycles. The van der Waals surface area contributed by atoms with Crippen molar-refractivity contribution in [3.63, 3.8) is 0 Å². The maximum Gasteiger partial charge on any atom is 0.234 e. The molecule has 4 aromatic rings. The Hall–Kier alpha value is -3.07.